The summed E-state index contributed by atoms with van der Waals surface area (Å²) in [7, 11) is 3.63. The number of imide groups is 2. The highest BCUT2D eigenvalue weighted by Gasteiger charge is 2.38. The minimum absolute atomic E-state index is 0.00518. The molecule has 0 aliphatic carbocycles. The average Bonchev–Trinajstić information content (AvgIpc) is 1.62. The summed E-state index contributed by atoms with van der Waals surface area (Å²) in [6, 6.07) is 24.8. The molecule has 0 saturated carbocycles. The number of nitrogens with two attached hydrogens (primary N) is 3. The van der Waals surface area contributed by atoms with Gasteiger partial charge in [0.1, 0.15) is 22.6 Å². The Hall–Kier alpha value is -11.0. The SMILES string of the molecule is Cn1c(-c2nc(N)ncc2C#Cc2cccc(N)c2)cc2c1CCN(C(=O)OC(C)(C)C)C2=O.Cn1c(-c2nc(N)ncc2C#Cc2cccc(NC(=O)c3ccc(C(F)(F)F)cc3)c2)cc2c1CCN(C(=O)OC(C)(C)C)C2=O.O=C(Cl)c1ccc(C(F)(F)F)cc1. The van der Waals surface area contributed by atoms with Crippen LogP contribution in [0.2, 0.25) is 0 Å². The molecular weight excluding hydrogens is 1240 g/mol. The van der Waals surface area contributed by atoms with Gasteiger partial charge in [-0.25, -0.2) is 39.3 Å². The van der Waals surface area contributed by atoms with E-state index in [0.29, 0.717) is 80.5 Å². The largest absolute Gasteiger partial charge is 0.443 e. The predicted molar refractivity (Wildman–Crippen MR) is 334 cm³/mol. The van der Waals surface area contributed by atoms with Crippen molar-refractivity contribution in [1.29, 1.82) is 0 Å². The molecule has 2 aliphatic heterocycles. The molecule has 8 aromatic rings. The van der Waals surface area contributed by atoms with Crippen molar-refractivity contribution in [1.82, 2.24) is 38.9 Å². The van der Waals surface area contributed by atoms with Gasteiger partial charge in [-0.3, -0.25) is 19.2 Å². The molecule has 480 valence electrons. The molecule has 0 fully saturated rings. The maximum atomic E-state index is 13.3. The number of hydrogen-bond acceptors (Lipinski definition) is 15. The van der Waals surface area contributed by atoms with Gasteiger partial charge in [0, 0.05) is 97.4 Å². The molecule has 7 N–H and O–H groups in total. The van der Waals surface area contributed by atoms with Gasteiger partial charge in [0.05, 0.1) is 44.8 Å². The molecule has 0 bridgehead atoms. The van der Waals surface area contributed by atoms with Crippen LogP contribution in [0.15, 0.2) is 122 Å². The number of anilines is 4. The molecule has 4 aromatic heterocycles. The molecule has 0 unspecified atom stereocenters. The first-order valence-corrected chi connectivity index (χ1v) is 28.5. The fraction of sp³-hybridized carbons (Fsp3) is 0.242. The Labute approximate surface area is 534 Å². The van der Waals surface area contributed by atoms with E-state index in [9.17, 15) is 55.1 Å². The zero-order chi connectivity index (χ0) is 68.1. The van der Waals surface area contributed by atoms with Crippen LogP contribution in [0.5, 0.6) is 0 Å². The lowest BCUT2D eigenvalue weighted by Crippen LogP contribution is -2.44. The highest BCUT2D eigenvalue weighted by Crippen LogP contribution is 2.34. The number of nitrogens with zero attached hydrogens (tertiary/aromatic N) is 8. The molecule has 4 aromatic carbocycles. The van der Waals surface area contributed by atoms with Gasteiger partial charge in [-0.15, -0.1) is 0 Å². The fourth-order valence-electron chi connectivity index (χ4n) is 9.37. The number of amides is 5. The summed E-state index contributed by atoms with van der Waals surface area (Å²) in [5.41, 5.74) is 22.2. The lowest BCUT2D eigenvalue weighted by atomic mass is 10.1. The molecule has 0 atom stereocenters. The number of benzene rings is 4. The van der Waals surface area contributed by atoms with Crippen LogP contribution in [0.25, 0.3) is 22.8 Å². The topological polar surface area (TPSA) is 279 Å². The quantitative estimate of drug-likeness (QED) is 0.0539. The van der Waals surface area contributed by atoms with Crippen molar-refractivity contribution in [2.24, 2.45) is 14.1 Å². The highest BCUT2D eigenvalue weighted by molar-refractivity contribution is 6.67. The Morgan fingerprint density at radius 1 is 0.559 bits per heavy atom. The van der Waals surface area contributed by atoms with Gasteiger partial charge in [-0.05, 0) is 150 Å². The standard InChI is InChI=1S/C33H29F3N6O4.C25H26N6O3.C8H4ClF3O/c1-32(2,3)46-31(45)42-15-14-25-24(29(42)44)17-26(41(25)4)27-21(18-38-30(37)40-27)9-8-19-6-5-7-23(16-19)39-28(43)20-10-12-22(13-11-20)33(34,35)36;1-25(2,3)34-24(33)31-11-10-19-18(22(31)32)13-20(30(19)4)21-16(14-28-23(27)29-21)9-8-15-6-5-7-17(26)12-15;9-7(13)5-1-3-6(4-2-5)8(10,11)12/h5-7,10-13,16-18H,14-15H2,1-4H3,(H,39,43)(H2,37,38,40);5-7,12-14H,10-11,26H2,1-4H3,(H2,27,28,29);1-4H. The van der Waals surface area contributed by atoms with E-state index in [-0.39, 0.29) is 36.1 Å². The summed E-state index contributed by atoms with van der Waals surface area (Å²) in [5.74, 6) is 10.8. The summed E-state index contributed by atoms with van der Waals surface area (Å²) in [6.45, 7) is 10.8. The highest BCUT2D eigenvalue weighted by atomic mass is 35.5. The third-order valence-corrected chi connectivity index (χ3v) is 14.0. The minimum atomic E-state index is -4.50. The summed E-state index contributed by atoms with van der Waals surface area (Å²) in [5, 5.41) is 1.89. The molecule has 6 heterocycles. The first-order chi connectivity index (χ1) is 43.5. The number of rotatable bonds is 5. The fourth-order valence-corrected chi connectivity index (χ4v) is 9.49. The van der Waals surface area contributed by atoms with E-state index in [0.717, 1.165) is 69.6 Å². The maximum Gasteiger partial charge on any atom is 0.417 e. The normalized spacial score (nSPS) is 12.8. The number of nitrogen functional groups attached to an aromatic ring is 3. The van der Waals surface area contributed by atoms with Crippen LogP contribution in [0.3, 0.4) is 0 Å². The van der Waals surface area contributed by atoms with Gasteiger partial charge in [0.25, 0.3) is 23.0 Å². The Kier molecular flexibility index (Phi) is 19.9. The van der Waals surface area contributed by atoms with E-state index in [4.69, 9.17) is 38.3 Å². The minimum Gasteiger partial charge on any atom is -0.443 e. The second kappa shape index (κ2) is 27.2. The summed E-state index contributed by atoms with van der Waals surface area (Å²) in [4.78, 5) is 94.0. The number of alkyl halides is 6. The monoisotopic (exact) mass is 1300 g/mol. The van der Waals surface area contributed by atoms with Crippen molar-refractivity contribution in [3.05, 3.63) is 189 Å². The number of nitrogens with one attached hydrogen (secondary N) is 1. The number of fused-ring (bicyclic) bond motifs is 2. The molecule has 93 heavy (non-hydrogen) atoms. The second-order valence-corrected chi connectivity index (χ2v) is 23.2. The van der Waals surface area contributed by atoms with Crippen LogP contribution < -0.4 is 22.5 Å². The molecule has 0 saturated heterocycles. The van der Waals surface area contributed by atoms with Crippen LogP contribution in [0.1, 0.15) is 128 Å². The van der Waals surface area contributed by atoms with Crippen LogP contribution >= 0.6 is 11.6 Å². The van der Waals surface area contributed by atoms with Gasteiger partial charge in [0.2, 0.25) is 11.9 Å². The van der Waals surface area contributed by atoms with Gasteiger partial charge in [-0.2, -0.15) is 26.3 Å². The molecule has 2 aliphatic rings. The van der Waals surface area contributed by atoms with Crippen molar-refractivity contribution in [3.63, 3.8) is 0 Å². The van der Waals surface area contributed by atoms with Crippen LogP contribution in [0.4, 0.5) is 59.2 Å². The number of aromatic nitrogens is 6. The van der Waals surface area contributed by atoms with Crippen LogP contribution in [0, 0.1) is 23.7 Å². The Bertz CT molecular complexity index is 4380. The van der Waals surface area contributed by atoms with Gasteiger partial charge < -0.3 is 41.1 Å². The zero-order valence-electron chi connectivity index (χ0n) is 51.1. The average molecular weight is 1300 g/mol. The zero-order valence-corrected chi connectivity index (χ0v) is 51.9. The Balaban J connectivity index is 0.000000206. The van der Waals surface area contributed by atoms with Crippen molar-refractivity contribution < 1.29 is 64.6 Å². The van der Waals surface area contributed by atoms with Gasteiger partial charge in [0.15, 0.2) is 0 Å². The van der Waals surface area contributed by atoms with Crippen LogP contribution in [-0.4, -0.2) is 98.3 Å². The van der Waals surface area contributed by atoms with Gasteiger partial charge in [-0.1, -0.05) is 35.8 Å². The molecule has 0 spiro atoms. The Morgan fingerprint density at radius 2 is 0.968 bits per heavy atom. The van der Waals surface area contributed by atoms with E-state index in [2.05, 4.69) is 48.9 Å². The van der Waals surface area contributed by atoms with E-state index < -0.39 is 69.8 Å². The predicted octanol–water partition coefficient (Wildman–Crippen LogP) is 11.7. The summed E-state index contributed by atoms with van der Waals surface area (Å²) < 4.78 is 89.1. The smallest absolute Gasteiger partial charge is 0.417 e. The number of hydrogen-bond donors (Lipinski definition) is 4. The molecule has 5 amide bonds. The van der Waals surface area contributed by atoms with Crippen molar-refractivity contribution in [2.45, 2.75) is 77.9 Å². The first-order valence-electron chi connectivity index (χ1n) is 28.1. The number of ether oxygens (including phenoxy) is 2. The van der Waals surface area contributed by atoms with Crippen molar-refractivity contribution in [3.8, 4) is 46.5 Å². The van der Waals surface area contributed by atoms with Gasteiger partial charge >= 0.3 is 24.5 Å². The Morgan fingerprint density at radius 3 is 1.37 bits per heavy atom. The van der Waals surface area contributed by atoms with E-state index in [1.165, 1.54) is 6.20 Å². The third kappa shape index (κ3) is 16.9. The van der Waals surface area contributed by atoms with E-state index in [1.807, 2.05) is 28.3 Å². The molecule has 27 heteroatoms. The second-order valence-electron chi connectivity index (χ2n) is 22.8. The lowest BCUT2D eigenvalue weighted by molar-refractivity contribution is -0.138. The molecular formula is C66H59ClF6N12O8. The third-order valence-electron chi connectivity index (χ3n) is 13.7. The maximum absolute atomic E-state index is 13.3. The molecule has 0 radical (unpaired) electrons. The molecule has 10 rings (SSSR count). The summed E-state index contributed by atoms with van der Waals surface area (Å²) in [6.07, 6.45) is -6.35. The van der Waals surface area contributed by atoms with E-state index >= 15 is 0 Å². The number of halogens is 7. The number of carbonyl (C=O) groups is 6. The first kappa shape index (κ1) is 67.9. The van der Waals surface area contributed by atoms with Crippen LogP contribution in [-0.2, 0) is 48.8 Å². The van der Waals surface area contributed by atoms with E-state index in [1.54, 1.807) is 103 Å². The lowest BCUT2D eigenvalue weighted by Gasteiger charge is -2.28. The van der Waals surface area contributed by atoms with Crippen molar-refractivity contribution in [2.75, 3.05) is 35.6 Å². The van der Waals surface area contributed by atoms with Crippen molar-refractivity contribution >= 4 is 70.0 Å². The summed E-state index contributed by atoms with van der Waals surface area (Å²) >= 11 is 5.05. The molecule has 20 nitrogen and oxygen atoms in total. The number of carbonyl (C=O) groups excluding carboxylic acids is 6.